The molecule has 0 radical (unpaired) electrons. The first-order valence-corrected chi connectivity index (χ1v) is 6.83. The minimum absolute atomic E-state index is 0.597. The van der Waals surface area contributed by atoms with Crippen molar-refractivity contribution in [2.75, 3.05) is 6.54 Å². The van der Waals surface area contributed by atoms with Crippen LogP contribution in [0.2, 0.25) is 0 Å². The van der Waals surface area contributed by atoms with Crippen LogP contribution in [0.5, 0.6) is 0 Å². The number of hydrazone groups is 1. The molecule has 0 amide bonds. The average molecular weight is 263 g/mol. The van der Waals surface area contributed by atoms with E-state index in [9.17, 15) is 0 Å². The van der Waals surface area contributed by atoms with Crippen LogP contribution in [0.1, 0.15) is 31.7 Å². The fraction of sp³-hybridized carbons (Fsp3) is 0.429. The van der Waals surface area contributed by atoms with Crippen LogP contribution in [-0.4, -0.2) is 17.9 Å². The van der Waals surface area contributed by atoms with Crippen LogP contribution < -0.4 is 10.7 Å². The van der Waals surface area contributed by atoms with E-state index in [1.54, 1.807) is 0 Å². The van der Waals surface area contributed by atoms with E-state index in [0.29, 0.717) is 5.11 Å². The second-order valence-corrected chi connectivity index (χ2v) is 4.47. The van der Waals surface area contributed by atoms with Gasteiger partial charge in [0.25, 0.3) is 0 Å². The molecule has 4 heteroatoms. The van der Waals surface area contributed by atoms with Crippen molar-refractivity contribution in [3.05, 3.63) is 35.9 Å². The van der Waals surface area contributed by atoms with Crippen molar-refractivity contribution in [1.29, 1.82) is 0 Å². The summed E-state index contributed by atoms with van der Waals surface area (Å²) in [7, 11) is 0. The molecule has 0 spiro atoms. The van der Waals surface area contributed by atoms with Gasteiger partial charge >= 0.3 is 0 Å². The molecule has 1 aromatic rings. The second kappa shape index (κ2) is 9.59. The lowest BCUT2D eigenvalue weighted by molar-refractivity contribution is 0.745. The van der Waals surface area contributed by atoms with Gasteiger partial charge in [0.05, 0.1) is 0 Å². The number of benzene rings is 1. The van der Waals surface area contributed by atoms with E-state index in [1.807, 2.05) is 12.3 Å². The Bertz CT molecular complexity index is 363. The van der Waals surface area contributed by atoms with Crippen molar-refractivity contribution in [3.63, 3.8) is 0 Å². The lowest BCUT2D eigenvalue weighted by Crippen LogP contribution is -2.32. The molecule has 0 heterocycles. The monoisotopic (exact) mass is 263 g/mol. The molecule has 0 aliphatic rings. The molecule has 0 aliphatic heterocycles. The highest BCUT2D eigenvalue weighted by molar-refractivity contribution is 7.80. The van der Waals surface area contributed by atoms with Crippen LogP contribution in [0, 0.1) is 0 Å². The van der Waals surface area contributed by atoms with Crippen molar-refractivity contribution in [3.8, 4) is 0 Å². The third kappa shape index (κ3) is 7.01. The number of hydrogen-bond acceptors (Lipinski definition) is 2. The predicted octanol–water partition coefficient (Wildman–Crippen LogP) is 2.87. The Hall–Kier alpha value is -1.42. The number of aryl methyl sites for hydroxylation is 1. The number of hydrogen-bond donors (Lipinski definition) is 2. The first-order valence-electron chi connectivity index (χ1n) is 6.42. The van der Waals surface area contributed by atoms with Crippen molar-refractivity contribution in [2.45, 2.75) is 32.6 Å². The van der Waals surface area contributed by atoms with Gasteiger partial charge in [0.1, 0.15) is 0 Å². The minimum atomic E-state index is 0.597. The lowest BCUT2D eigenvalue weighted by Gasteiger charge is -2.05. The van der Waals surface area contributed by atoms with Gasteiger partial charge in [-0.3, -0.25) is 5.43 Å². The van der Waals surface area contributed by atoms with E-state index < -0.39 is 0 Å². The van der Waals surface area contributed by atoms with Crippen LogP contribution in [0.15, 0.2) is 35.4 Å². The quantitative estimate of drug-likeness (QED) is 0.344. The van der Waals surface area contributed by atoms with E-state index in [0.717, 1.165) is 32.2 Å². The van der Waals surface area contributed by atoms with E-state index >= 15 is 0 Å². The average Bonchev–Trinajstić information content (AvgIpc) is 2.40. The highest BCUT2D eigenvalue weighted by atomic mass is 32.1. The standard InChI is InChI=1S/C14H21N3S/c1-2-3-11-15-14(18)17-16-12-7-10-13-8-5-4-6-9-13/h4-6,8-9,12H,2-3,7,10-11H2,1H3,(H2,15,17,18)/b16-12-. The summed E-state index contributed by atoms with van der Waals surface area (Å²) in [6.45, 7) is 3.06. The molecule has 0 aliphatic carbocycles. The molecule has 0 aromatic heterocycles. The second-order valence-electron chi connectivity index (χ2n) is 4.06. The Morgan fingerprint density at radius 1 is 1.33 bits per heavy atom. The largest absolute Gasteiger partial charge is 0.361 e. The summed E-state index contributed by atoms with van der Waals surface area (Å²) >= 11 is 5.07. The van der Waals surface area contributed by atoms with Crippen LogP contribution in [0.3, 0.4) is 0 Å². The zero-order valence-corrected chi connectivity index (χ0v) is 11.7. The molecule has 3 nitrogen and oxygen atoms in total. The maximum Gasteiger partial charge on any atom is 0.186 e. The Balaban J connectivity index is 2.08. The molecule has 0 fully saturated rings. The van der Waals surface area contributed by atoms with Gasteiger partial charge in [-0.1, -0.05) is 43.7 Å². The van der Waals surface area contributed by atoms with Gasteiger partial charge < -0.3 is 5.32 Å². The van der Waals surface area contributed by atoms with E-state index in [4.69, 9.17) is 12.2 Å². The molecule has 18 heavy (non-hydrogen) atoms. The van der Waals surface area contributed by atoms with Crippen molar-refractivity contribution >= 4 is 23.5 Å². The maximum atomic E-state index is 5.07. The molecule has 0 saturated heterocycles. The summed E-state index contributed by atoms with van der Waals surface area (Å²) in [4.78, 5) is 0. The molecule has 0 saturated carbocycles. The third-order valence-electron chi connectivity index (χ3n) is 2.48. The van der Waals surface area contributed by atoms with Crippen molar-refractivity contribution in [1.82, 2.24) is 10.7 Å². The number of thiocarbonyl (C=S) groups is 1. The Morgan fingerprint density at radius 2 is 2.11 bits per heavy atom. The SMILES string of the molecule is CCCCNC(=S)N/N=C\CCc1ccccc1. The first kappa shape index (κ1) is 14.6. The minimum Gasteiger partial charge on any atom is -0.361 e. The molecular formula is C14H21N3S. The molecule has 1 aromatic carbocycles. The number of rotatable bonds is 7. The van der Waals surface area contributed by atoms with Gasteiger partial charge in [0, 0.05) is 12.8 Å². The Kier molecular flexibility index (Phi) is 7.80. The smallest absolute Gasteiger partial charge is 0.186 e. The lowest BCUT2D eigenvalue weighted by atomic mass is 10.1. The van der Waals surface area contributed by atoms with Gasteiger partial charge in [-0.05, 0) is 37.0 Å². The van der Waals surface area contributed by atoms with E-state index in [2.05, 4.69) is 47.0 Å². The summed E-state index contributed by atoms with van der Waals surface area (Å²) in [5.41, 5.74) is 4.14. The van der Waals surface area contributed by atoms with Crippen LogP contribution >= 0.6 is 12.2 Å². The maximum absolute atomic E-state index is 5.07. The molecule has 0 atom stereocenters. The van der Waals surface area contributed by atoms with Crippen LogP contribution in [0.4, 0.5) is 0 Å². The van der Waals surface area contributed by atoms with E-state index in [-0.39, 0.29) is 0 Å². The summed E-state index contributed by atoms with van der Waals surface area (Å²) < 4.78 is 0. The Labute approximate surface area is 115 Å². The Morgan fingerprint density at radius 3 is 2.83 bits per heavy atom. The fourth-order valence-corrected chi connectivity index (χ4v) is 1.62. The third-order valence-corrected chi connectivity index (χ3v) is 2.71. The van der Waals surface area contributed by atoms with Crippen molar-refractivity contribution < 1.29 is 0 Å². The van der Waals surface area contributed by atoms with Crippen LogP contribution in [-0.2, 0) is 6.42 Å². The van der Waals surface area contributed by atoms with Gasteiger partial charge in [0.15, 0.2) is 5.11 Å². The summed E-state index contributed by atoms with van der Waals surface area (Å²) in [6, 6.07) is 10.4. The molecule has 0 unspecified atom stereocenters. The number of nitrogens with zero attached hydrogens (tertiary/aromatic N) is 1. The topological polar surface area (TPSA) is 36.4 Å². The van der Waals surface area contributed by atoms with E-state index in [1.165, 1.54) is 5.56 Å². The van der Waals surface area contributed by atoms with Gasteiger partial charge in [-0.15, -0.1) is 0 Å². The molecule has 1 rings (SSSR count). The number of unbranched alkanes of at least 4 members (excludes halogenated alkanes) is 1. The normalized spacial score (nSPS) is 10.5. The van der Waals surface area contributed by atoms with Gasteiger partial charge in [-0.2, -0.15) is 5.10 Å². The fourth-order valence-electron chi connectivity index (χ4n) is 1.46. The molecule has 98 valence electrons. The molecule has 2 N–H and O–H groups in total. The summed E-state index contributed by atoms with van der Waals surface area (Å²) in [5.74, 6) is 0. The van der Waals surface area contributed by atoms with Gasteiger partial charge in [-0.25, -0.2) is 0 Å². The zero-order valence-electron chi connectivity index (χ0n) is 10.9. The summed E-state index contributed by atoms with van der Waals surface area (Å²) in [6.07, 6.45) is 6.06. The van der Waals surface area contributed by atoms with Crippen LogP contribution in [0.25, 0.3) is 0 Å². The van der Waals surface area contributed by atoms with Gasteiger partial charge in [0.2, 0.25) is 0 Å². The first-order chi connectivity index (χ1) is 8.83. The summed E-state index contributed by atoms with van der Waals surface area (Å²) in [5, 5.41) is 7.78. The zero-order chi connectivity index (χ0) is 13.1. The molecule has 0 bridgehead atoms. The molecular weight excluding hydrogens is 242 g/mol. The van der Waals surface area contributed by atoms with Crippen molar-refractivity contribution in [2.24, 2.45) is 5.10 Å². The highest BCUT2D eigenvalue weighted by Gasteiger charge is 1.91. The highest BCUT2D eigenvalue weighted by Crippen LogP contribution is 2.00. The number of nitrogens with one attached hydrogen (secondary N) is 2. The predicted molar refractivity (Wildman–Crippen MR) is 81.9 cm³/mol.